The van der Waals surface area contributed by atoms with Gasteiger partial charge in [-0.15, -0.1) is 0 Å². The second kappa shape index (κ2) is 8.59. The number of benzene rings is 2. The number of ether oxygens (including phenoxy) is 3. The zero-order valence-corrected chi connectivity index (χ0v) is 16.2. The van der Waals surface area contributed by atoms with Gasteiger partial charge in [-0.1, -0.05) is 48.0 Å². The van der Waals surface area contributed by atoms with Gasteiger partial charge in [0.25, 0.3) is 0 Å². The number of aromatic nitrogens is 2. The van der Waals surface area contributed by atoms with Gasteiger partial charge in [0.1, 0.15) is 18.5 Å². The molecule has 4 rings (SSSR count). The third-order valence-electron chi connectivity index (χ3n) is 4.99. The van der Waals surface area contributed by atoms with E-state index in [1.807, 2.05) is 41.1 Å². The molecule has 146 valence electrons. The van der Waals surface area contributed by atoms with Gasteiger partial charge in [-0.2, -0.15) is 0 Å². The van der Waals surface area contributed by atoms with Crippen LogP contribution in [0.4, 0.5) is 0 Å². The molecule has 1 aliphatic heterocycles. The van der Waals surface area contributed by atoms with Crippen molar-refractivity contribution in [3.8, 4) is 5.75 Å². The molecule has 2 aromatic carbocycles. The van der Waals surface area contributed by atoms with Crippen LogP contribution in [-0.2, 0) is 22.4 Å². The van der Waals surface area contributed by atoms with Crippen LogP contribution in [-0.4, -0.2) is 34.7 Å². The molecule has 0 radical (unpaired) electrons. The Morgan fingerprint density at radius 3 is 2.71 bits per heavy atom. The van der Waals surface area contributed by atoms with E-state index in [4.69, 9.17) is 14.2 Å². The van der Waals surface area contributed by atoms with E-state index < -0.39 is 5.79 Å². The van der Waals surface area contributed by atoms with Gasteiger partial charge >= 0.3 is 0 Å². The average Bonchev–Trinajstić information content (AvgIpc) is 3.38. The lowest BCUT2D eigenvalue weighted by Gasteiger charge is -2.28. The van der Waals surface area contributed by atoms with E-state index in [-0.39, 0.29) is 6.10 Å². The second-order valence-corrected chi connectivity index (χ2v) is 7.31. The van der Waals surface area contributed by atoms with Crippen molar-refractivity contribution in [1.29, 1.82) is 0 Å². The molecule has 1 aromatic heterocycles. The highest BCUT2D eigenvalue weighted by atomic mass is 16.8. The number of aryl methyl sites for hydroxylation is 2. The summed E-state index contributed by atoms with van der Waals surface area (Å²) in [5.74, 6) is 0.184. The minimum atomic E-state index is -0.669. The summed E-state index contributed by atoms with van der Waals surface area (Å²) in [6.07, 6.45) is 7.08. The van der Waals surface area contributed by atoms with Gasteiger partial charge in [-0.25, -0.2) is 4.98 Å². The van der Waals surface area contributed by atoms with Gasteiger partial charge in [0.15, 0.2) is 5.79 Å². The van der Waals surface area contributed by atoms with Gasteiger partial charge in [-0.05, 0) is 31.0 Å². The zero-order chi connectivity index (χ0) is 19.2. The number of hydrogen-bond acceptors (Lipinski definition) is 4. The predicted octanol–water partition coefficient (Wildman–Crippen LogP) is 4.02. The van der Waals surface area contributed by atoms with Gasteiger partial charge in [0.05, 0.1) is 19.5 Å². The molecule has 0 spiro atoms. The number of nitrogens with zero attached hydrogens (tertiary/aromatic N) is 2. The monoisotopic (exact) mass is 378 g/mol. The van der Waals surface area contributed by atoms with E-state index in [9.17, 15) is 0 Å². The van der Waals surface area contributed by atoms with Crippen molar-refractivity contribution in [2.75, 3.05) is 13.2 Å². The third kappa shape index (κ3) is 4.80. The van der Waals surface area contributed by atoms with Crippen molar-refractivity contribution < 1.29 is 14.2 Å². The fraction of sp³-hybridized carbons (Fsp3) is 0.348. The summed E-state index contributed by atoms with van der Waals surface area (Å²) in [5.41, 5.74) is 2.49. The molecule has 2 unspecified atom stereocenters. The maximum absolute atomic E-state index is 6.39. The van der Waals surface area contributed by atoms with E-state index in [1.165, 1.54) is 11.1 Å². The van der Waals surface area contributed by atoms with Crippen LogP contribution in [0.2, 0.25) is 0 Å². The van der Waals surface area contributed by atoms with E-state index in [0.29, 0.717) is 19.8 Å². The van der Waals surface area contributed by atoms with Crippen LogP contribution < -0.4 is 4.74 Å². The first-order valence-corrected chi connectivity index (χ1v) is 9.72. The summed E-state index contributed by atoms with van der Waals surface area (Å²) in [6.45, 7) is 3.67. The molecular weight excluding hydrogens is 352 g/mol. The Morgan fingerprint density at radius 1 is 1.14 bits per heavy atom. The molecule has 0 aliphatic carbocycles. The van der Waals surface area contributed by atoms with Crippen LogP contribution >= 0.6 is 0 Å². The lowest BCUT2D eigenvalue weighted by Crippen LogP contribution is -2.37. The van der Waals surface area contributed by atoms with Crippen molar-refractivity contribution in [2.24, 2.45) is 0 Å². The minimum Gasteiger partial charge on any atom is -0.491 e. The van der Waals surface area contributed by atoms with Crippen molar-refractivity contribution >= 4 is 0 Å². The molecule has 3 aromatic rings. The molecule has 5 nitrogen and oxygen atoms in total. The molecular formula is C23H26N2O3. The quantitative estimate of drug-likeness (QED) is 0.594. The molecule has 5 heteroatoms. The maximum atomic E-state index is 6.39. The lowest BCUT2D eigenvalue weighted by molar-refractivity contribution is -0.184. The molecule has 2 heterocycles. The van der Waals surface area contributed by atoms with Crippen molar-refractivity contribution in [3.63, 3.8) is 0 Å². The van der Waals surface area contributed by atoms with Gasteiger partial charge in [0, 0.05) is 18.8 Å². The first-order chi connectivity index (χ1) is 13.7. The Kier molecular flexibility index (Phi) is 5.74. The first kappa shape index (κ1) is 18.7. The maximum Gasteiger partial charge on any atom is 0.187 e. The number of rotatable bonds is 8. The van der Waals surface area contributed by atoms with Crippen LogP contribution in [0.5, 0.6) is 5.75 Å². The van der Waals surface area contributed by atoms with Crippen LogP contribution in [0, 0.1) is 6.92 Å². The van der Waals surface area contributed by atoms with E-state index in [2.05, 4.69) is 36.2 Å². The smallest absolute Gasteiger partial charge is 0.187 e. The van der Waals surface area contributed by atoms with Crippen LogP contribution in [0.1, 0.15) is 17.5 Å². The van der Waals surface area contributed by atoms with Crippen molar-refractivity contribution in [3.05, 3.63) is 84.4 Å². The molecule has 2 atom stereocenters. The molecule has 1 saturated heterocycles. The van der Waals surface area contributed by atoms with Gasteiger partial charge < -0.3 is 18.8 Å². The summed E-state index contributed by atoms with van der Waals surface area (Å²) < 4.78 is 20.5. The molecule has 0 amide bonds. The molecule has 28 heavy (non-hydrogen) atoms. The molecule has 0 N–H and O–H groups in total. The first-order valence-electron chi connectivity index (χ1n) is 9.72. The minimum absolute atomic E-state index is 0.0967. The Balaban J connectivity index is 1.40. The van der Waals surface area contributed by atoms with Gasteiger partial charge in [0.2, 0.25) is 0 Å². The van der Waals surface area contributed by atoms with Crippen LogP contribution in [0.25, 0.3) is 0 Å². The molecule has 0 bridgehead atoms. The summed E-state index contributed by atoms with van der Waals surface area (Å²) in [7, 11) is 0. The predicted molar refractivity (Wildman–Crippen MR) is 107 cm³/mol. The number of hydrogen-bond donors (Lipinski definition) is 0. The highest BCUT2D eigenvalue weighted by molar-refractivity contribution is 5.26. The largest absolute Gasteiger partial charge is 0.491 e. The van der Waals surface area contributed by atoms with Crippen molar-refractivity contribution in [2.45, 2.75) is 38.2 Å². The Hall–Kier alpha value is -2.63. The SMILES string of the molecule is Cc1ccc(OCC2COC(CCc3ccccc3)(Cn3ccnc3)O2)cc1. The summed E-state index contributed by atoms with van der Waals surface area (Å²) >= 11 is 0. The Bertz CT molecular complexity index is 849. The fourth-order valence-corrected chi connectivity index (χ4v) is 3.45. The average molecular weight is 378 g/mol. The standard InChI is InChI=1S/C23H26N2O3/c1-19-7-9-21(10-8-19)26-15-22-16-27-23(28-22,17-25-14-13-24-18-25)12-11-20-5-3-2-4-6-20/h2-10,13-14,18,22H,11-12,15-17H2,1H3. The highest BCUT2D eigenvalue weighted by Crippen LogP contribution is 2.31. The summed E-state index contributed by atoms with van der Waals surface area (Å²) in [6, 6.07) is 18.5. The normalized spacial score (nSPS) is 21.7. The molecule has 1 aliphatic rings. The second-order valence-electron chi connectivity index (χ2n) is 7.31. The number of imidazole rings is 1. The summed E-state index contributed by atoms with van der Waals surface area (Å²) in [4.78, 5) is 4.14. The van der Waals surface area contributed by atoms with E-state index in [1.54, 1.807) is 12.5 Å². The van der Waals surface area contributed by atoms with Crippen LogP contribution in [0.15, 0.2) is 73.3 Å². The van der Waals surface area contributed by atoms with E-state index in [0.717, 1.165) is 18.6 Å². The van der Waals surface area contributed by atoms with Crippen molar-refractivity contribution in [1.82, 2.24) is 9.55 Å². The zero-order valence-electron chi connectivity index (χ0n) is 16.2. The summed E-state index contributed by atoms with van der Waals surface area (Å²) in [5, 5.41) is 0. The van der Waals surface area contributed by atoms with Crippen LogP contribution in [0.3, 0.4) is 0 Å². The fourth-order valence-electron chi connectivity index (χ4n) is 3.45. The molecule has 0 saturated carbocycles. The topological polar surface area (TPSA) is 45.5 Å². The van der Waals surface area contributed by atoms with Gasteiger partial charge in [-0.3, -0.25) is 0 Å². The lowest BCUT2D eigenvalue weighted by atomic mass is 10.0. The highest BCUT2D eigenvalue weighted by Gasteiger charge is 2.42. The molecule has 1 fully saturated rings. The third-order valence-corrected chi connectivity index (χ3v) is 4.99. The van der Waals surface area contributed by atoms with E-state index >= 15 is 0 Å². The Labute approximate surface area is 165 Å². The Morgan fingerprint density at radius 2 is 1.96 bits per heavy atom.